The largest absolute Gasteiger partial charge is 0.0464 e. The van der Waals surface area contributed by atoms with E-state index in [1.807, 2.05) is 25.7 Å². The lowest BCUT2D eigenvalue weighted by molar-refractivity contribution is -1.33. The zero-order chi connectivity index (χ0) is 39.5. The first-order chi connectivity index (χ1) is 36.3. The minimum atomic E-state index is 1.07. The normalized spacial score (nSPS) is 151. The molecule has 0 aliphatic heterocycles. The second-order valence-electron chi connectivity index (χ2n) is 48.7. The molecule has 0 radical (unpaired) electrons. The van der Waals surface area contributed by atoms with E-state index < -0.39 is 0 Å². The van der Waals surface area contributed by atoms with Crippen molar-refractivity contribution in [2.75, 3.05) is 0 Å². The highest BCUT2D eigenvalue weighted by Crippen LogP contribution is 3.82. The van der Waals surface area contributed by atoms with E-state index in [0.717, 1.165) is 179 Å². The van der Waals surface area contributed by atoms with E-state index in [-0.39, 0.29) is 0 Å². The average molecular weight is 913 g/mol. The van der Waals surface area contributed by atoms with Crippen molar-refractivity contribution in [2.24, 2.45) is 388 Å². The lowest BCUT2D eigenvalue weighted by Gasteiger charge is -3.77. The summed E-state index contributed by atoms with van der Waals surface area (Å²) >= 11 is 0. The van der Waals surface area contributed by atoms with Gasteiger partial charge in [-0.1, -0.05) is 0 Å². The van der Waals surface area contributed by atoms with Crippen LogP contribution in [-0.2, 0) is 0 Å². The summed E-state index contributed by atoms with van der Waals surface area (Å²) in [7, 11) is 0. The molecule has 73 heavy (non-hydrogen) atoms. The van der Waals surface area contributed by atoms with E-state index in [4.69, 9.17) is 0 Å². The average Bonchev–Trinajstić information content (AvgIpc) is 0.418. The molecule has 56 aliphatic rings. The maximum absolute atomic E-state index is 1.94. The van der Waals surface area contributed by atoms with Crippen LogP contribution in [-0.4, -0.2) is 0 Å². The molecule has 328 valence electrons. The summed E-state index contributed by atoms with van der Waals surface area (Å²) in [5, 5.41) is 0. The van der Waals surface area contributed by atoms with Gasteiger partial charge >= 0.3 is 0 Å². The zero-order valence-corrected chi connectivity index (χ0v) is 39.5. The molecule has 0 aromatic carbocycles. The van der Waals surface area contributed by atoms with Crippen LogP contribution in [0, 0.1) is 388 Å². The predicted molar refractivity (Wildman–Crippen MR) is 216 cm³/mol. The molecule has 56 rings (SSSR count). The first kappa shape index (κ1) is 23.1. The van der Waals surface area contributed by atoms with E-state index >= 15 is 0 Å². The molecule has 0 N–H and O–H groups in total. The van der Waals surface area contributed by atoms with Gasteiger partial charge in [0.05, 0.1) is 0 Å². The minimum absolute atomic E-state index is 1.07. The standard InChI is InChI=1S/C73H36/c1-5-2-7-13-21-26-30-28-24-19-11-4-9-17-22-16-8-3-10-18-23-27-29-25-20-12-6(1)14-31-33(5)32-15(7)37(13)43(21)48(26)52(30)50(28)46(24)41(19)35(9,11)39(17)44(22)38(16)34(8,10)40(18)45(23)49(27)51(29)47(25)42(20)36(12,14)53(31)55(33)54(32,37)59(43)64(48)68(52)66(50)62(46)57(39,41)60(44)56(38,40)61(45)65(49)67(51)63(47)58(42,53)69(55,59)71(63,64)73(67,68)72(65,66)70(60,61)62/h5-32H,1-4H2. The maximum atomic E-state index is 1.94. The van der Waals surface area contributed by atoms with Crippen molar-refractivity contribution in [3.05, 3.63) is 0 Å². The quantitative estimate of drug-likeness (QED) is 0.322. The third-order valence-corrected chi connectivity index (χ3v) is 66.7. The van der Waals surface area contributed by atoms with Crippen molar-refractivity contribution in [1.29, 1.82) is 0 Å². The third-order valence-electron chi connectivity index (χ3n) is 66.7. The first-order valence-electron chi connectivity index (χ1n) is 36.3. The van der Waals surface area contributed by atoms with Crippen molar-refractivity contribution < 1.29 is 0 Å². The Morgan fingerprint density at radius 1 is 0.178 bits per heavy atom. The van der Waals surface area contributed by atoms with Gasteiger partial charge in [0.25, 0.3) is 0 Å². The third kappa shape index (κ3) is 0.443. The van der Waals surface area contributed by atoms with E-state index in [9.17, 15) is 0 Å². The van der Waals surface area contributed by atoms with Crippen LogP contribution in [0.25, 0.3) is 0 Å². The predicted octanol–water partition coefficient (Wildman–Crippen LogP) is 5.00. The van der Waals surface area contributed by atoms with Crippen molar-refractivity contribution >= 4 is 0 Å². The van der Waals surface area contributed by atoms with Crippen molar-refractivity contribution in [1.82, 2.24) is 0 Å². The molecule has 0 aromatic rings. The Morgan fingerprint density at radius 3 is 0.877 bits per heavy atom. The molecule has 58 atom stereocenters. The van der Waals surface area contributed by atoms with Crippen molar-refractivity contribution in [3.8, 4) is 0 Å². The highest BCUT2D eigenvalue weighted by molar-refractivity contribution is 6.26. The lowest BCUT2D eigenvalue weighted by Crippen LogP contribution is -3.77. The molecule has 0 amide bonds. The molecular weight excluding hydrogens is 877 g/mol. The smallest absolute Gasteiger partial charge is 0.0000249 e. The summed E-state index contributed by atoms with van der Waals surface area (Å²) in [6.07, 6.45) is 7.68. The van der Waals surface area contributed by atoms with E-state index in [2.05, 4.69) is 0 Å². The van der Waals surface area contributed by atoms with Gasteiger partial charge in [0.15, 0.2) is 0 Å². The Kier molecular flexibility index (Phi) is 1.03. The Hall–Kier alpha value is 0. The van der Waals surface area contributed by atoms with Gasteiger partial charge in [0.2, 0.25) is 0 Å². The molecule has 0 heteroatoms. The van der Waals surface area contributed by atoms with Crippen LogP contribution >= 0.6 is 0 Å². The summed E-state index contributed by atoms with van der Waals surface area (Å²) in [6, 6.07) is 0. The van der Waals surface area contributed by atoms with E-state index in [1.165, 1.54) is 209 Å². The highest BCUT2D eigenvalue weighted by atomic mass is 15.8. The number of hydrogen-bond donors (Lipinski definition) is 0. The zero-order valence-electron chi connectivity index (χ0n) is 39.5. The van der Waals surface area contributed by atoms with Gasteiger partial charge in [0.1, 0.15) is 0 Å². The number of rotatable bonds is 0. The minimum Gasteiger partial charge on any atom is -0.0464 e. The Labute approximate surface area is 411 Å². The maximum Gasteiger partial charge on any atom is -0.0000249 e. The molecule has 56 aliphatic carbocycles. The van der Waals surface area contributed by atoms with Crippen LogP contribution in [0.5, 0.6) is 0 Å². The van der Waals surface area contributed by atoms with Gasteiger partial charge in [-0.2, -0.15) is 0 Å². The molecule has 0 saturated heterocycles. The first-order valence-corrected chi connectivity index (χ1v) is 36.3. The van der Waals surface area contributed by atoms with Gasteiger partial charge in [-0.3, -0.25) is 0 Å². The molecule has 58 unspecified atom stereocenters. The fourth-order valence-corrected chi connectivity index (χ4v) is 87.7. The van der Waals surface area contributed by atoms with E-state index in [1.54, 1.807) is 0 Å². The summed E-state index contributed by atoms with van der Waals surface area (Å²) in [4.78, 5) is 0. The van der Waals surface area contributed by atoms with Crippen LogP contribution < -0.4 is 0 Å². The Bertz CT molecular complexity index is 5290. The Morgan fingerprint density at radius 2 is 0.452 bits per heavy atom. The lowest BCUT2D eigenvalue weighted by atomic mass is 8.24. The van der Waals surface area contributed by atoms with Gasteiger partial charge in [-0.05, 0) is 413 Å². The molecule has 0 heterocycles. The fourth-order valence-electron chi connectivity index (χ4n) is 87.7. The fraction of sp³-hybridized carbons (Fsp3) is 1.00. The van der Waals surface area contributed by atoms with Gasteiger partial charge in [-0.15, -0.1) is 0 Å². The molecule has 0 bridgehead atoms. The molecule has 0 aromatic heterocycles. The topological polar surface area (TPSA) is 0 Å². The van der Waals surface area contributed by atoms with Crippen LogP contribution in [0.3, 0.4) is 0 Å². The summed E-state index contributed by atoms with van der Waals surface area (Å²) in [5.74, 6) is 39.9. The van der Waals surface area contributed by atoms with Gasteiger partial charge in [-0.25, -0.2) is 0 Å². The highest BCUT2D eigenvalue weighted by Gasteiger charge is 3.82. The van der Waals surface area contributed by atoms with Gasteiger partial charge < -0.3 is 0 Å². The van der Waals surface area contributed by atoms with Crippen LogP contribution in [0.1, 0.15) is 25.7 Å². The summed E-state index contributed by atoms with van der Waals surface area (Å²) < 4.78 is 0. The molecule has 56 saturated carbocycles. The Balaban J connectivity index is 0.723. The molecule has 56 fully saturated rings. The monoisotopic (exact) mass is 912 g/mol. The number of hydrogen-bond acceptors (Lipinski definition) is 0. The van der Waals surface area contributed by atoms with Gasteiger partial charge in [0, 0.05) is 0 Å². The van der Waals surface area contributed by atoms with Crippen molar-refractivity contribution in [3.63, 3.8) is 0 Å². The van der Waals surface area contributed by atoms with Crippen LogP contribution in [0.4, 0.5) is 0 Å². The molecular formula is C73H36. The second kappa shape index (κ2) is 3.25. The second-order valence-corrected chi connectivity index (χ2v) is 48.7. The van der Waals surface area contributed by atoms with E-state index in [0.29, 0.717) is 0 Å². The summed E-state index contributed by atoms with van der Waals surface area (Å²) in [5.41, 5.74) is 47.0. The van der Waals surface area contributed by atoms with Crippen molar-refractivity contribution in [2.45, 2.75) is 25.7 Å². The molecule has 41 spiro atoms. The summed E-state index contributed by atoms with van der Waals surface area (Å²) in [6.45, 7) is 0. The van der Waals surface area contributed by atoms with Crippen LogP contribution in [0.2, 0.25) is 0 Å². The number of fused-ring (bicyclic) bond motifs is 20. The SMILES string of the molecule is C1C2C3C4C5C6C7C8C9C%10CC%11C%12C%13C%14C%15CC%16C%17C%18C%19C%20C%21C%22C%23C%24CC1C1%25C%26C2C32C43C54C65C76C87C98C%11%10C%129C%13%10C%14%11C%15%16C%17%12C%18%13C%19%14C%20%15C%21%16C%22%17C%23%18C%24C1C%181C%25%18C%262C32C43C54C65C76C98C%107C%11%12C%138C%149C%15%10C%16%11C%171C%182C3%11C4%10C59C768. The van der Waals surface area contributed by atoms with Crippen LogP contribution in [0.15, 0.2) is 0 Å². The molecule has 0 nitrogen and oxygen atoms in total.